The number of pyridine rings is 1. The summed E-state index contributed by atoms with van der Waals surface area (Å²) in [5.41, 5.74) is 0. The minimum Gasteiger partial charge on any atom is -0.362 e. The second-order valence-corrected chi connectivity index (χ2v) is 5.25. The maximum absolute atomic E-state index is 5.15. The fourth-order valence-corrected chi connectivity index (χ4v) is 1.53. The second kappa shape index (κ2) is 6.81. The van der Waals surface area contributed by atoms with Crippen LogP contribution in [0, 0.1) is 5.92 Å². The molecule has 0 aliphatic carbocycles. The minimum absolute atomic E-state index is 0.621. The van der Waals surface area contributed by atoms with Crippen LogP contribution in [0.2, 0.25) is 0 Å². The topological polar surface area (TPSA) is 37.0 Å². The molecule has 1 heterocycles. The average molecular weight is 302 g/mol. The molecule has 5 heteroatoms. The molecule has 88 valence electrons. The summed E-state index contributed by atoms with van der Waals surface area (Å²) in [5, 5.41) is 6.80. The van der Waals surface area contributed by atoms with Crippen molar-refractivity contribution >= 4 is 39.1 Å². The van der Waals surface area contributed by atoms with Gasteiger partial charge in [0, 0.05) is 17.2 Å². The smallest absolute Gasteiger partial charge is 0.171 e. The van der Waals surface area contributed by atoms with Gasteiger partial charge in [-0.2, -0.15) is 0 Å². The summed E-state index contributed by atoms with van der Waals surface area (Å²) < 4.78 is 0.955. The fourth-order valence-electron chi connectivity index (χ4n) is 1.08. The lowest BCUT2D eigenvalue weighted by molar-refractivity contribution is 0.579. The molecule has 16 heavy (non-hydrogen) atoms. The summed E-state index contributed by atoms with van der Waals surface area (Å²) in [7, 11) is 0. The quantitative estimate of drug-likeness (QED) is 0.838. The predicted molar refractivity (Wildman–Crippen MR) is 75.6 cm³/mol. The van der Waals surface area contributed by atoms with Gasteiger partial charge in [-0.15, -0.1) is 0 Å². The molecule has 0 aromatic carbocycles. The van der Waals surface area contributed by atoms with Crippen LogP contribution >= 0.6 is 28.1 Å². The fraction of sp³-hybridized carbons (Fsp3) is 0.455. The lowest BCUT2D eigenvalue weighted by Crippen LogP contribution is -2.30. The van der Waals surface area contributed by atoms with E-state index < -0.39 is 0 Å². The van der Waals surface area contributed by atoms with Crippen molar-refractivity contribution in [2.45, 2.75) is 20.3 Å². The van der Waals surface area contributed by atoms with Crippen molar-refractivity contribution < 1.29 is 0 Å². The molecule has 3 nitrogen and oxygen atoms in total. The molecular weight excluding hydrogens is 286 g/mol. The molecule has 1 rings (SSSR count). The Morgan fingerprint density at radius 3 is 2.81 bits per heavy atom. The Morgan fingerprint density at radius 1 is 1.50 bits per heavy atom. The Labute approximate surface area is 110 Å². The van der Waals surface area contributed by atoms with Gasteiger partial charge in [0.25, 0.3) is 0 Å². The van der Waals surface area contributed by atoms with Crippen LogP contribution in [0.1, 0.15) is 20.3 Å². The average Bonchev–Trinajstić information content (AvgIpc) is 2.21. The number of aromatic nitrogens is 1. The van der Waals surface area contributed by atoms with Gasteiger partial charge in [-0.3, -0.25) is 0 Å². The first kappa shape index (κ1) is 13.4. The highest BCUT2D eigenvalue weighted by Gasteiger charge is 1.99. The van der Waals surface area contributed by atoms with E-state index in [1.165, 1.54) is 0 Å². The van der Waals surface area contributed by atoms with Gasteiger partial charge >= 0.3 is 0 Å². The van der Waals surface area contributed by atoms with Crippen LogP contribution < -0.4 is 10.6 Å². The summed E-state index contributed by atoms with van der Waals surface area (Å²) in [6, 6.07) is 3.80. The summed E-state index contributed by atoms with van der Waals surface area (Å²) in [4.78, 5) is 4.18. The maximum atomic E-state index is 5.15. The van der Waals surface area contributed by atoms with E-state index in [0.717, 1.165) is 23.3 Å². The zero-order valence-electron chi connectivity index (χ0n) is 9.46. The molecule has 0 radical (unpaired) electrons. The normalized spacial score (nSPS) is 10.2. The third-order valence-electron chi connectivity index (χ3n) is 1.98. The maximum Gasteiger partial charge on any atom is 0.171 e. The third-order valence-corrected chi connectivity index (χ3v) is 2.69. The van der Waals surface area contributed by atoms with Gasteiger partial charge < -0.3 is 10.6 Å². The second-order valence-electron chi connectivity index (χ2n) is 3.93. The molecule has 0 amide bonds. The van der Waals surface area contributed by atoms with Crippen molar-refractivity contribution in [1.29, 1.82) is 0 Å². The molecule has 0 aliphatic heterocycles. The zero-order valence-corrected chi connectivity index (χ0v) is 11.9. The number of hydrogen-bond donors (Lipinski definition) is 2. The van der Waals surface area contributed by atoms with E-state index in [2.05, 4.69) is 45.4 Å². The minimum atomic E-state index is 0.621. The molecule has 1 aromatic rings. The number of thiocarbonyl (C=S) groups is 1. The van der Waals surface area contributed by atoms with Gasteiger partial charge in [0.2, 0.25) is 0 Å². The highest BCUT2D eigenvalue weighted by Crippen LogP contribution is 2.10. The summed E-state index contributed by atoms with van der Waals surface area (Å²) in [5.74, 6) is 1.44. The highest BCUT2D eigenvalue weighted by molar-refractivity contribution is 9.10. The van der Waals surface area contributed by atoms with E-state index in [1.807, 2.05) is 12.1 Å². The van der Waals surface area contributed by atoms with Crippen LogP contribution in [0.4, 0.5) is 5.82 Å². The monoisotopic (exact) mass is 301 g/mol. The SMILES string of the molecule is CC(C)CCNC(=S)Nc1ccc(Br)cn1. The number of anilines is 1. The predicted octanol–water partition coefficient (Wildman–Crippen LogP) is 3.18. The molecule has 2 N–H and O–H groups in total. The molecule has 0 fully saturated rings. The van der Waals surface area contributed by atoms with Gasteiger partial charge in [-0.1, -0.05) is 13.8 Å². The standard InChI is InChI=1S/C11H16BrN3S/c1-8(2)5-6-13-11(16)15-10-4-3-9(12)7-14-10/h3-4,7-8H,5-6H2,1-2H3,(H2,13,14,15,16). The first-order valence-corrected chi connectivity index (χ1v) is 6.44. The Morgan fingerprint density at radius 2 is 2.25 bits per heavy atom. The lowest BCUT2D eigenvalue weighted by Gasteiger charge is -2.10. The Bertz CT molecular complexity index is 338. The van der Waals surface area contributed by atoms with Crippen molar-refractivity contribution in [3.05, 3.63) is 22.8 Å². The highest BCUT2D eigenvalue weighted by atomic mass is 79.9. The van der Waals surface area contributed by atoms with E-state index in [1.54, 1.807) is 6.20 Å². The van der Waals surface area contributed by atoms with Crippen molar-refractivity contribution in [3.63, 3.8) is 0 Å². The number of rotatable bonds is 4. The molecule has 0 aliphatic rings. The number of nitrogens with zero attached hydrogens (tertiary/aromatic N) is 1. The van der Waals surface area contributed by atoms with Crippen molar-refractivity contribution in [2.75, 3.05) is 11.9 Å². The van der Waals surface area contributed by atoms with Gasteiger partial charge in [0.1, 0.15) is 5.82 Å². The largest absolute Gasteiger partial charge is 0.362 e. The molecule has 0 saturated carbocycles. The van der Waals surface area contributed by atoms with E-state index >= 15 is 0 Å². The Hall–Kier alpha value is -0.680. The number of halogens is 1. The van der Waals surface area contributed by atoms with Crippen molar-refractivity contribution in [2.24, 2.45) is 5.92 Å². The van der Waals surface area contributed by atoms with Crippen LogP contribution in [-0.4, -0.2) is 16.6 Å². The van der Waals surface area contributed by atoms with E-state index in [9.17, 15) is 0 Å². The summed E-state index contributed by atoms with van der Waals surface area (Å²) >= 11 is 8.48. The third kappa shape index (κ3) is 5.42. The van der Waals surface area contributed by atoms with E-state index in [-0.39, 0.29) is 0 Å². The van der Waals surface area contributed by atoms with Crippen molar-refractivity contribution in [1.82, 2.24) is 10.3 Å². The molecular formula is C11H16BrN3S. The van der Waals surface area contributed by atoms with Crippen LogP contribution in [0.3, 0.4) is 0 Å². The van der Waals surface area contributed by atoms with Gasteiger partial charge in [0.05, 0.1) is 0 Å². The Kier molecular flexibility index (Phi) is 5.69. The van der Waals surface area contributed by atoms with E-state index in [0.29, 0.717) is 11.0 Å². The lowest BCUT2D eigenvalue weighted by atomic mass is 10.1. The zero-order chi connectivity index (χ0) is 12.0. The molecule has 0 spiro atoms. The number of hydrogen-bond acceptors (Lipinski definition) is 2. The van der Waals surface area contributed by atoms with E-state index in [4.69, 9.17) is 12.2 Å². The molecule has 0 bridgehead atoms. The Balaban J connectivity index is 2.31. The van der Waals surface area contributed by atoms with Crippen molar-refractivity contribution in [3.8, 4) is 0 Å². The van der Waals surface area contributed by atoms with Gasteiger partial charge in [0.15, 0.2) is 5.11 Å². The van der Waals surface area contributed by atoms with Gasteiger partial charge in [-0.05, 0) is 52.6 Å². The summed E-state index contributed by atoms with van der Waals surface area (Å²) in [6.45, 7) is 5.27. The molecule has 0 saturated heterocycles. The van der Waals surface area contributed by atoms with Gasteiger partial charge in [-0.25, -0.2) is 4.98 Å². The first-order valence-electron chi connectivity index (χ1n) is 5.24. The summed E-state index contributed by atoms with van der Waals surface area (Å²) in [6.07, 6.45) is 2.84. The molecule has 1 aromatic heterocycles. The van der Waals surface area contributed by atoms with Crippen LogP contribution in [0.5, 0.6) is 0 Å². The van der Waals surface area contributed by atoms with Crippen LogP contribution in [0.25, 0.3) is 0 Å². The molecule has 0 atom stereocenters. The van der Waals surface area contributed by atoms with Crippen LogP contribution in [0.15, 0.2) is 22.8 Å². The first-order chi connectivity index (χ1) is 7.58. The number of nitrogens with one attached hydrogen (secondary N) is 2. The molecule has 0 unspecified atom stereocenters. The van der Waals surface area contributed by atoms with Crippen LogP contribution in [-0.2, 0) is 0 Å².